The van der Waals surface area contributed by atoms with Gasteiger partial charge in [-0.25, -0.2) is 18.7 Å². The molecule has 0 radical (unpaired) electrons. The number of piperidine rings is 1. The monoisotopic (exact) mass is 593 g/mol. The normalized spacial score (nSPS) is 21.2. The first-order valence-electron chi connectivity index (χ1n) is 13.6. The lowest BCUT2D eigenvalue weighted by Crippen LogP contribution is -2.49. The van der Waals surface area contributed by atoms with E-state index in [0.29, 0.717) is 29.5 Å². The molecular weight excluding hydrogens is 557 g/mol. The number of alkyl halides is 1. The summed E-state index contributed by atoms with van der Waals surface area (Å²) in [7, 11) is 1.50. The number of nitrogens with zero attached hydrogens (tertiary/aromatic N) is 4. The summed E-state index contributed by atoms with van der Waals surface area (Å²) in [6, 6.07) is 5.68. The van der Waals surface area contributed by atoms with Crippen molar-refractivity contribution in [1.29, 1.82) is 0 Å². The molecule has 0 saturated carbocycles. The zero-order valence-corrected chi connectivity index (χ0v) is 24.5. The summed E-state index contributed by atoms with van der Waals surface area (Å²) in [4.78, 5) is 41.3. The van der Waals surface area contributed by atoms with E-state index in [9.17, 15) is 23.9 Å². The van der Waals surface area contributed by atoms with Crippen LogP contribution in [-0.2, 0) is 27.4 Å². The summed E-state index contributed by atoms with van der Waals surface area (Å²) in [5, 5.41) is 17.7. The molecule has 224 valence electrons. The van der Waals surface area contributed by atoms with E-state index >= 15 is 0 Å². The van der Waals surface area contributed by atoms with E-state index < -0.39 is 35.8 Å². The summed E-state index contributed by atoms with van der Waals surface area (Å²) in [5.41, 5.74) is 0.625. The van der Waals surface area contributed by atoms with Gasteiger partial charge in [-0.05, 0) is 45.2 Å². The molecule has 0 unspecified atom stereocenters. The Morgan fingerprint density at radius 3 is 2.61 bits per heavy atom. The van der Waals surface area contributed by atoms with Crippen molar-refractivity contribution in [3.8, 4) is 0 Å². The van der Waals surface area contributed by atoms with Crippen LogP contribution in [0.5, 0.6) is 0 Å². The number of carbonyl (C=O) groups is 3. The number of anilines is 1. The molecule has 41 heavy (non-hydrogen) atoms. The summed E-state index contributed by atoms with van der Waals surface area (Å²) in [6.07, 6.45) is -0.566. The second-order valence-corrected chi connectivity index (χ2v) is 11.8. The molecule has 2 aliphatic rings. The van der Waals surface area contributed by atoms with E-state index in [1.807, 2.05) is 17.0 Å². The van der Waals surface area contributed by atoms with Gasteiger partial charge >= 0.3 is 12.1 Å². The van der Waals surface area contributed by atoms with Crippen LogP contribution in [0.25, 0.3) is 0 Å². The van der Waals surface area contributed by atoms with Crippen LogP contribution < -0.4 is 10.2 Å². The second-order valence-electron chi connectivity index (χ2n) is 11.4. The van der Waals surface area contributed by atoms with Gasteiger partial charge in [-0.3, -0.25) is 4.79 Å². The number of alkyl carbamates (subject to hydrolysis) is 1. The van der Waals surface area contributed by atoms with E-state index in [1.165, 1.54) is 7.11 Å². The third kappa shape index (κ3) is 7.28. The number of nitrogens with one attached hydrogen (secondary N) is 1. The maximum atomic E-state index is 14.3. The number of halogens is 2. The number of carbonyl (C=O) groups excluding carboxylic acids is 2. The number of carboxylic acids is 1. The van der Waals surface area contributed by atoms with Crippen molar-refractivity contribution >= 4 is 35.4 Å². The number of aliphatic carboxylic acids is 1. The predicted molar refractivity (Wildman–Crippen MR) is 150 cm³/mol. The molecule has 13 heteroatoms. The predicted octanol–water partition coefficient (Wildman–Crippen LogP) is 3.86. The fourth-order valence-electron chi connectivity index (χ4n) is 5.36. The van der Waals surface area contributed by atoms with Gasteiger partial charge in [0.2, 0.25) is 0 Å². The minimum absolute atomic E-state index is 0.00684. The van der Waals surface area contributed by atoms with Crippen molar-refractivity contribution in [3.63, 3.8) is 0 Å². The van der Waals surface area contributed by atoms with Gasteiger partial charge in [-0.1, -0.05) is 29.8 Å². The number of likely N-dealkylation sites (tertiary alicyclic amines) is 1. The Morgan fingerprint density at radius 2 is 1.95 bits per heavy atom. The van der Waals surface area contributed by atoms with E-state index in [4.69, 9.17) is 21.1 Å². The van der Waals surface area contributed by atoms with Gasteiger partial charge in [0.1, 0.15) is 30.4 Å². The first-order valence-corrected chi connectivity index (χ1v) is 14.0. The van der Waals surface area contributed by atoms with Crippen molar-refractivity contribution < 1.29 is 33.4 Å². The lowest BCUT2D eigenvalue weighted by molar-refractivity contribution is -0.141. The highest BCUT2D eigenvalue weighted by molar-refractivity contribution is 6.31. The molecule has 3 heterocycles. The average molecular weight is 594 g/mol. The second kappa shape index (κ2) is 12.6. The summed E-state index contributed by atoms with van der Waals surface area (Å²) in [6.45, 7) is 6.08. The molecule has 1 aromatic carbocycles. The number of rotatable bonds is 8. The number of hydrogen-bond acceptors (Lipinski definition) is 7. The molecule has 4 rings (SSSR count). The zero-order chi connectivity index (χ0) is 29.9. The van der Waals surface area contributed by atoms with Crippen LogP contribution in [0.4, 0.5) is 15.0 Å². The molecule has 2 saturated heterocycles. The van der Waals surface area contributed by atoms with Gasteiger partial charge in [0, 0.05) is 49.7 Å². The van der Waals surface area contributed by atoms with Gasteiger partial charge in [0.25, 0.3) is 5.91 Å². The Kier molecular flexibility index (Phi) is 9.43. The van der Waals surface area contributed by atoms with Gasteiger partial charge in [0.15, 0.2) is 5.69 Å². The minimum Gasteiger partial charge on any atom is -0.480 e. The zero-order valence-electron chi connectivity index (χ0n) is 23.7. The fourth-order valence-corrected chi connectivity index (χ4v) is 5.57. The van der Waals surface area contributed by atoms with E-state index in [1.54, 1.807) is 37.6 Å². The number of hydrogen-bond donors (Lipinski definition) is 2. The minimum atomic E-state index is -1.45. The van der Waals surface area contributed by atoms with Gasteiger partial charge in [-0.2, -0.15) is 5.10 Å². The number of amides is 2. The maximum absolute atomic E-state index is 14.3. The standard InChI is InChI=1S/C28H37ClFN5O6/c1-28(2,3)41-27(39)31-19-9-7-11-33(15-19)24-20(12-17-8-5-6-10-21(17)29)23(32-35(24)16-40-4)25(36)34-14-18(30)13-22(34)26(37)38/h5-6,8,10,18-19,22H,7,9,11-16H2,1-4H3,(H,31,39)(H,37,38)/t18-,19+,22-/m0/s1. The van der Waals surface area contributed by atoms with Crippen molar-refractivity contribution in [2.24, 2.45) is 0 Å². The van der Waals surface area contributed by atoms with Crippen LogP contribution in [0.15, 0.2) is 24.3 Å². The highest BCUT2D eigenvalue weighted by atomic mass is 35.5. The fraction of sp³-hybridized carbons (Fsp3) is 0.571. The van der Waals surface area contributed by atoms with Crippen molar-refractivity contribution in [2.45, 2.75) is 77.0 Å². The molecule has 0 aliphatic carbocycles. The smallest absolute Gasteiger partial charge is 0.407 e. The SMILES string of the molecule is COCn1nc(C(=O)N2C[C@@H](F)C[C@H]2C(=O)O)c(Cc2ccccc2Cl)c1N1CCC[C@@H](NC(=O)OC(C)(C)C)C1. The van der Waals surface area contributed by atoms with Crippen LogP contribution in [0.1, 0.15) is 61.6 Å². The molecule has 1 aromatic heterocycles. The molecule has 2 fully saturated rings. The Bertz CT molecular complexity index is 1280. The Hall–Kier alpha value is -3.38. The number of aromatic nitrogens is 2. The maximum Gasteiger partial charge on any atom is 0.407 e. The molecule has 0 spiro atoms. The first-order chi connectivity index (χ1) is 19.4. The number of ether oxygens (including phenoxy) is 2. The third-order valence-corrected chi connectivity index (χ3v) is 7.41. The van der Waals surface area contributed by atoms with E-state index in [-0.39, 0.29) is 37.9 Å². The van der Waals surface area contributed by atoms with Crippen LogP contribution in [0, 0.1) is 0 Å². The van der Waals surface area contributed by atoms with E-state index in [2.05, 4.69) is 10.4 Å². The molecule has 0 bridgehead atoms. The molecule has 3 atom stereocenters. The Morgan fingerprint density at radius 1 is 1.22 bits per heavy atom. The van der Waals surface area contributed by atoms with Crippen LogP contribution in [0.2, 0.25) is 5.02 Å². The number of benzene rings is 1. The van der Waals surface area contributed by atoms with Gasteiger partial charge in [-0.15, -0.1) is 0 Å². The summed E-state index contributed by atoms with van der Waals surface area (Å²) in [5.74, 6) is -1.35. The topological polar surface area (TPSA) is 126 Å². The highest BCUT2D eigenvalue weighted by Gasteiger charge is 2.42. The molecule has 2 aromatic rings. The lowest BCUT2D eigenvalue weighted by Gasteiger charge is -2.35. The van der Waals surface area contributed by atoms with Crippen molar-refractivity contribution in [1.82, 2.24) is 20.0 Å². The average Bonchev–Trinajstić information content (AvgIpc) is 3.45. The van der Waals surface area contributed by atoms with Crippen molar-refractivity contribution in [2.75, 3.05) is 31.6 Å². The molecule has 2 aliphatic heterocycles. The number of carboxylic acid groups (broad SMARTS) is 1. The van der Waals surface area contributed by atoms with Crippen LogP contribution in [0.3, 0.4) is 0 Å². The van der Waals surface area contributed by atoms with Crippen LogP contribution >= 0.6 is 11.6 Å². The Balaban J connectivity index is 1.74. The molecule has 2 amide bonds. The lowest BCUT2D eigenvalue weighted by atomic mass is 10.0. The van der Waals surface area contributed by atoms with E-state index in [0.717, 1.165) is 23.3 Å². The molecule has 11 nitrogen and oxygen atoms in total. The summed E-state index contributed by atoms with van der Waals surface area (Å²) < 4.78 is 26.7. The quantitative estimate of drug-likeness (QED) is 0.472. The highest BCUT2D eigenvalue weighted by Crippen LogP contribution is 2.33. The van der Waals surface area contributed by atoms with Crippen molar-refractivity contribution in [3.05, 3.63) is 46.1 Å². The first kappa shape index (κ1) is 30.6. The van der Waals surface area contributed by atoms with Gasteiger partial charge < -0.3 is 29.7 Å². The van der Waals surface area contributed by atoms with Crippen LogP contribution in [-0.4, -0.2) is 88.4 Å². The third-order valence-electron chi connectivity index (χ3n) is 7.04. The number of methoxy groups -OCH3 is 1. The van der Waals surface area contributed by atoms with Gasteiger partial charge in [0.05, 0.1) is 6.54 Å². The Labute approximate surface area is 243 Å². The molecule has 2 N–H and O–H groups in total. The largest absolute Gasteiger partial charge is 0.480 e. The summed E-state index contributed by atoms with van der Waals surface area (Å²) >= 11 is 6.51. The molecular formula is C28H37ClFN5O6.